The quantitative estimate of drug-likeness (QED) is 0.806. The lowest BCUT2D eigenvalue weighted by Crippen LogP contribution is -2.38. The molecule has 0 bridgehead atoms. The Balaban J connectivity index is 2.55. The number of nitrogens with one attached hydrogen (secondary N) is 1. The molecule has 0 atom stereocenters. The second kappa shape index (κ2) is 8.04. The van der Waals surface area contributed by atoms with Crippen LogP contribution in [0.3, 0.4) is 0 Å². The van der Waals surface area contributed by atoms with Gasteiger partial charge < -0.3 is 10.4 Å². The number of carbonyl (C=O) groups excluding carboxylic acids is 1. The number of amides is 1. The molecule has 0 aliphatic carbocycles. The predicted molar refractivity (Wildman–Crippen MR) is 69.6 cm³/mol. The Hall–Kier alpha value is -1.24. The SMILES string of the molecule is O=C(CN(CCO)CC(F)F)Nc1ccccc1Cl. The molecular weight excluding hydrogens is 278 g/mol. The van der Waals surface area contributed by atoms with Gasteiger partial charge >= 0.3 is 0 Å². The number of alkyl halides is 2. The van der Waals surface area contributed by atoms with E-state index in [9.17, 15) is 13.6 Å². The van der Waals surface area contributed by atoms with Crippen molar-refractivity contribution in [2.45, 2.75) is 6.43 Å². The van der Waals surface area contributed by atoms with Gasteiger partial charge in [0.25, 0.3) is 6.43 Å². The number of hydrogen-bond acceptors (Lipinski definition) is 3. The van der Waals surface area contributed by atoms with E-state index in [0.29, 0.717) is 10.7 Å². The minimum absolute atomic E-state index is 0.0142. The average molecular weight is 293 g/mol. The topological polar surface area (TPSA) is 52.6 Å². The van der Waals surface area contributed by atoms with Crippen molar-refractivity contribution in [3.8, 4) is 0 Å². The van der Waals surface area contributed by atoms with Crippen molar-refractivity contribution in [3.05, 3.63) is 29.3 Å². The van der Waals surface area contributed by atoms with Crippen molar-refractivity contribution < 1.29 is 18.7 Å². The van der Waals surface area contributed by atoms with Crippen molar-refractivity contribution in [1.82, 2.24) is 4.90 Å². The van der Waals surface area contributed by atoms with E-state index < -0.39 is 18.9 Å². The molecule has 1 rings (SSSR count). The fourth-order valence-electron chi connectivity index (χ4n) is 1.53. The molecule has 0 aromatic heterocycles. The van der Waals surface area contributed by atoms with Crippen LogP contribution in [0.15, 0.2) is 24.3 Å². The van der Waals surface area contributed by atoms with Crippen molar-refractivity contribution >= 4 is 23.2 Å². The fourth-order valence-corrected chi connectivity index (χ4v) is 1.71. The van der Waals surface area contributed by atoms with Crippen LogP contribution >= 0.6 is 11.6 Å². The molecule has 19 heavy (non-hydrogen) atoms. The van der Waals surface area contributed by atoms with E-state index in [2.05, 4.69) is 5.32 Å². The lowest BCUT2D eigenvalue weighted by molar-refractivity contribution is -0.117. The van der Waals surface area contributed by atoms with Gasteiger partial charge in [-0.05, 0) is 12.1 Å². The first-order valence-corrected chi connectivity index (χ1v) is 6.06. The van der Waals surface area contributed by atoms with E-state index in [-0.39, 0.29) is 19.7 Å². The molecule has 0 saturated heterocycles. The largest absolute Gasteiger partial charge is 0.395 e. The normalized spacial score (nSPS) is 11.1. The maximum Gasteiger partial charge on any atom is 0.251 e. The number of halogens is 3. The van der Waals surface area contributed by atoms with Crippen LogP contribution in [-0.2, 0) is 4.79 Å². The van der Waals surface area contributed by atoms with Gasteiger partial charge in [-0.15, -0.1) is 0 Å². The molecular formula is C12H15ClF2N2O2. The lowest BCUT2D eigenvalue weighted by Gasteiger charge is -2.20. The van der Waals surface area contributed by atoms with Gasteiger partial charge in [-0.25, -0.2) is 8.78 Å². The fraction of sp³-hybridized carbons (Fsp3) is 0.417. The van der Waals surface area contributed by atoms with Gasteiger partial charge in [-0.3, -0.25) is 9.69 Å². The Kier molecular flexibility index (Phi) is 6.69. The summed E-state index contributed by atoms with van der Waals surface area (Å²) in [7, 11) is 0. The van der Waals surface area contributed by atoms with Gasteiger partial charge in [-0.2, -0.15) is 0 Å². The minimum atomic E-state index is -2.56. The van der Waals surface area contributed by atoms with Crippen LogP contribution in [0.25, 0.3) is 0 Å². The van der Waals surface area contributed by atoms with Crippen molar-refractivity contribution in [1.29, 1.82) is 0 Å². The van der Waals surface area contributed by atoms with E-state index in [0.717, 1.165) is 0 Å². The number of carbonyl (C=O) groups is 1. The first kappa shape index (κ1) is 15.8. The minimum Gasteiger partial charge on any atom is -0.395 e. The molecule has 0 fully saturated rings. The highest BCUT2D eigenvalue weighted by Crippen LogP contribution is 2.20. The van der Waals surface area contributed by atoms with Gasteiger partial charge in [0.1, 0.15) is 0 Å². The molecule has 0 radical (unpaired) electrons. The maximum atomic E-state index is 12.3. The van der Waals surface area contributed by atoms with Gasteiger partial charge in [0.05, 0.1) is 30.4 Å². The number of hydrogen-bond donors (Lipinski definition) is 2. The molecule has 106 valence electrons. The lowest BCUT2D eigenvalue weighted by atomic mass is 10.3. The highest BCUT2D eigenvalue weighted by molar-refractivity contribution is 6.33. The first-order valence-electron chi connectivity index (χ1n) is 5.68. The molecule has 7 heteroatoms. The number of aliphatic hydroxyl groups is 1. The van der Waals surface area contributed by atoms with Crippen LogP contribution in [0.1, 0.15) is 0 Å². The monoisotopic (exact) mass is 292 g/mol. The number of para-hydroxylation sites is 1. The van der Waals surface area contributed by atoms with Crippen LogP contribution in [0.4, 0.5) is 14.5 Å². The third kappa shape index (κ3) is 5.96. The number of nitrogens with zero attached hydrogens (tertiary/aromatic N) is 1. The van der Waals surface area contributed by atoms with Gasteiger partial charge in [0.15, 0.2) is 0 Å². The summed E-state index contributed by atoms with van der Waals surface area (Å²) in [5.41, 5.74) is 0.426. The number of anilines is 1. The summed E-state index contributed by atoms with van der Waals surface area (Å²) in [6.07, 6.45) is -2.56. The van der Waals surface area contributed by atoms with Crippen LogP contribution in [-0.4, -0.2) is 48.6 Å². The molecule has 0 heterocycles. The molecule has 0 saturated carbocycles. The summed E-state index contributed by atoms with van der Waals surface area (Å²) in [4.78, 5) is 12.9. The zero-order chi connectivity index (χ0) is 14.3. The molecule has 4 nitrogen and oxygen atoms in total. The molecule has 0 unspecified atom stereocenters. The summed E-state index contributed by atoms with van der Waals surface area (Å²) in [5, 5.41) is 11.7. The summed E-state index contributed by atoms with van der Waals surface area (Å²) in [5.74, 6) is -0.456. The van der Waals surface area contributed by atoms with E-state index in [1.54, 1.807) is 24.3 Å². The number of benzene rings is 1. The molecule has 0 aliphatic heterocycles. The third-order valence-electron chi connectivity index (χ3n) is 2.33. The van der Waals surface area contributed by atoms with Crippen molar-refractivity contribution in [3.63, 3.8) is 0 Å². The number of aliphatic hydroxyl groups excluding tert-OH is 1. The Morgan fingerprint density at radius 2 is 2.11 bits per heavy atom. The summed E-state index contributed by atoms with van der Waals surface area (Å²) >= 11 is 5.86. The van der Waals surface area contributed by atoms with Gasteiger partial charge in [0.2, 0.25) is 5.91 Å². The Bertz CT molecular complexity index is 418. The summed E-state index contributed by atoms with van der Waals surface area (Å²) in [6.45, 7) is -1.06. The van der Waals surface area contributed by atoms with Crippen molar-refractivity contribution in [2.75, 3.05) is 31.6 Å². The Morgan fingerprint density at radius 1 is 1.42 bits per heavy atom. The smallest absolute Gasteiger partial charge is 0.251 e. The van der Waals surface area contributed by atoms with Crippen molar-refractivity contribution in [2.24, 2.45) is 0 Å². The zero-order valence-electron chi connectivity index (χ0n) is 10.2. The van der Waals surface area contributed by atoms with Gasteiger partial charge in [-0.1, -0.05) is 23.7 Å². The first-order chi connectivity index (χ1) is 9.02. The highest BCUT2D eigenvalue weighted by atomic mass is 35.5. The predicted octanol–water partition coefficient (Wildman–Crippen LogP) is 1.84. The Labute approximate surface area is 115 Å². The van der Waals surface area contributed by atoms with E-state index in [1.165, 1.54) is 4.90 Å². The van der Waals surface area contributed by atoms with E-state index >= 15 is 0 Å². The molecule has 1 aromatic carbocycles. The van der Waals surface area contributed by atoms with Crippen LogP contribution in [0.5, 0.6) is 0 Å². The molecule has 0 spiro atoms. The second-order valence-electron chi connectivity index (χ2n) is 3.88. The Morgan fingerprint density at radius 3 is 2.68 bits per heavy atom. The van der Waals surface area contributed by atoms with E-state index in [4.69, 9.17) is 16.7 Å². The summed E-state index contributed by atoms with van der Waals surface area (Å²) < 4.78 is 24.5. The summed E-state index contributed by atoms with van der Waals surface area (Å²) in [6, 6.07) is 6.64. The maximum absolute atomic E-state index is 12.3. The van der Waals surface area contributed by atoms with Crippen LogP contribution in [0.2, 0.25) is 5.02 Å². The van der Waals surface area contributed by atoms with Crippen LogP contribution < -0.4 is 5.32 Å². The van der Waals surface area contributed by atoms with Gasteiger partial charge in [0, 0.05) is 6.54 Å². The third-order valence-corrected chi connectivity index (χ3v) is 2.66. The zero-order valence-corrected chi connectivity index (χ0v) is 10.9. The molecule has 1 aromatic rings. The standard InChI is InChI=1S/C12H15ClF2N2O2/c13-9-3-1-2-4-10(9)16-12(19)8-17(5-6-18)7-11(14)15/h1-4,11,18H,5-8H2,(H,16,19). The highest BCUT2D eigenvalue weighted by Gasteiger charge is 2.15. The molecule has 0 aliphatic rings. The molecule has 1 amide bonds. The van der Waals surface area contributed by atoms with Crippen LogP contribution in [0, 0.1) is 0 Å². The number of rotatable bonds is 7. The molecule has 2 N–H and O–H groups in total. The average Bonchev–Trinajstić information content (AvgIpc) is 2.31. The second-order valence-corrected chi connectivity index (χ2v) is 4.29. The van der Waals surface area contributed by atoms with E-state index in [1.807, 2.05) is 0 Å².